The molecule has 0 bridgehead atoms. The van der Waals surface area contributed by atoms with Gasteiger partial charge in [-0.2, -0.15) is 31.4 Å². The molecule has 13 heteroatoms. The Morgan fingerprint density at radius 2 is 1.74 bits per heavy atom. The summed E-state index contributed by atoms with van der Waals surface area (Å²) < 4.78 is 78.5. The second kappa shape index (κ2) is 7.98. The molecule has 0 amide bonds. The standard InChI is InChI=1S/C18H17F6N5O2/c1-2-28-13(25)10-7-8-12(9-5-3-4-6-11(9)17(19,20)21)27-14(10)29(16(28)26)31-15(30)18(22,23)24/h3-8,13,16H,2,25-26H2,1H3. The van der Waals surface area contributed by atoms with Crippen LogP contribution in [0.3, 0.4) is 0 Å². The van der Waals surface area contributed by atoms with Gasteiger partial charge in [-0.25, -0.2) is 14.7 Å². The molecular formula is C18H17F6N5O2. The summed E-state index contributed by atoms with van der Waals surface area (Å²) in [6, 6.07) is 7.09. The van der Waals surface area contributed by atoms with Gasteiger partial charge in [0.15, 0.2) is 12.1 Å². The first-order valence-electron chi connectivity index (χ1n) is 8.89. The molecule has 0 saturated heterocycles. The predicted octanol–water partition coefficient (Wildman–Crippen LogP) is 3.13. The molecule has 1 aliphatic rings. The summed E-state index contributed by atoms with van der Waals surface area (Å²) in [5.74, 6) is -2.96. The molecule has 2 heterocycles. The van der Waals surface area contributed by atoms with Crippen LogP contribution in [-0.2, 0) is 15.8 Å². The smallest absolute Gasteiger partial charge is 0.328 e. The van der Waals surface area contributed by atoms with Gasteiger partial charge in [-0.3, -0.25) is 5.73 Å². The number of rotatable bonds is 3. The molecule has 2 atom stereocenters. The lowest BCUT2D eigenvalue weighted by molar-refractivity contribution is -0.204. The van der Waals surface area contributed by atoms with Gasteiger partial charge in [0.25, 0.3) is 0 Å². The second-order valence-corrected chi connectivity index (χ2v) is 6.54. The summed E-state index contributed by atoms with van der Waals surface area (Å²) in [6.07, 6.45) is -12.4. The number of nitrogens with two attached hydrogens (primary N) is 2. The Hall–Kier alpha value is -2.90. The highest BCUT2D eigenvalue weighted by molar-refractivity contribution is 5.77. The fraction of sp³-hybridized carbons (Fsp3) is 0.333. The monoisotopic (exact) mass is 449 g/mol. The molecule has 0 fully saturated rings. The van der Waals surface area contributed by atoms with Gasteiger partial charge in [-0.15, -0.1) is 0 Å². The van der Waals surface area contributed by atoms with Crippen LogP contribution in [0.1, 0.15) is 24.2 Å². The molecule has 7 nitrogen and oxygen atoms in total. The van der Waals surface area contributed by atoms with Gasteiger partial charge in [-0.05, 0) is 12.1 Å². The molecule has 1 aliphatic heterocycles. The molecular weight excluding hydrogens is 432 g/mol. The van der Waals surface area contributed by atoms with Gasteiger partial charge < -0.3 is 10.6 Å². The van der Waals surface area contributed by atoms with E-state index in [4.69, 9.17) is 11.5 Å². The number of nitrogens with zero attached hydrogens (tertiary/aromatic N) is 3. The quantitative estimate of drug-likeness (QED) is 0.695. The number of fused-ring (bicyclic) bond motifs is 1. The van der Waals surface area contributed by atoms with Gasteiger partial charge in [-0.1, -0.05) is 31.2 Å². The number of anilines is 1. The summed E-state index contributed by atoms with van der Waals surface area (Å²) in [4.78, 5) is 21.2. The van der Waals surface area contributed by atoms with Gasteiger partial charge in [0.05, 0.1) is 17.4 Å². The Morgan fingerprint density at radius 1 is 1.10 bits per heavy atom. The molecule has 1 aromatic heterocycles. The lowest BCUT2D eigenvalue weighted by Gasteiger charge is -2.44. The fourth-order valence-corrected chi connectivity index (χ4v) is 3.20. The summed E-state index contributed by atoms with van der Waals surface area (Å²) >= 11 is 0. The normalized spacial score (nSPS) is 19.8. The van der Waals surface area contributed by atoms with Crippen molar-refractivity contribution in [1.82, 2.24) is 9.88 Å². The Balaban J connectivity index is 2.15. The van der Waals surface area contributed by atoms with E-state index in [1.807, 2.05) is 0 Å². The van der Waals surface area contributed by atoms with Crippen molar-refractivity contribution in [2.24, 2.45) is 11.5 Å². The van der Waals surface area contributed by atoms with Crippen molar-refractivity contribution in [2.75, 3.05) is 11.6 Å². The number of benzene rings is 1. The average Bonchev–Trinajstić information content (AvgIpc) is 2.69. The minimum absolute atomic E-state index is 0.117. The summed E-state index contributed by atoms with van der Waals surface area (Å²) in [6.45, 7) is 1.79. The van der Waals surface area contributed by atoms with E-state index < -0.39 is 42.2 Å². The van der Waals surface area contributed by atoms with E-state index in [-0.39, 0.29) is 23.4 Å². The van der Waals surface area contributed by atoms with Crippen LogP contribution in [0.5, 0.6) is 0 Å². The van der Waals surface area contributed by atoms with Crippen molar-refractivity contribution < 1.29 is 36.0 Å². The van der Waals surface area contributed by atoms with Crippen molar-refractivity contribution in [3.8, 4) is 11.3 Å². The molecule has 0 aliphatic carbocycles. The van der Waals surface area contributed by atoms with Crippen LogP contribution in [0.4, 0.5) is 32.2 Å². The Kier molecular flexibility index (Phi) is 5.86. The first-order chi connectivity index (χ1) is 14.4. The number of aromatic nitrogens is 1. The van der Waals surface area contributed by atoms with Crippen molar-refractivity contribution in [3.63, 3.8) is 0 Å². The minimum Gasteiger partial charge on any atom is -0.328 e. The number of hydroxylamine groups is 1. The van der Waals surface area contributed by atoms with Gasteiger partial charge >= 0.3 is 18.3 Å². The number of hydrogen-bond acceptors (Lipinski definition) is 7. The maximum absolute atomic E-state index is 13.4. The molecule has 1 aromatic carbocycles. The lowest BCUT2D eigenvalue weighted by Crippen LogP contribution is -2.61. The Labute approximate surface area is 172 Å². The van der Waals surface area contributed by atoms with E-state index in [1.165, 1.54) is 29.2 Å². The summed E-state index contributed by atoms with van der Waals surface area (Å²) in [7, 11) is 0. The lowest BCUT2D eigenvalue weighted by atomic mass is 10.0. The second-order valence-electron chi connectivity index (χ2n) is 6.54. The molecule has 2 unspecified atom stereocenters. The van der Waals surface area contributed by atoms with E-state index in [2.05, 4.69) is 9.82 Å². The molecule has 4 N–H and O–H groups in total. The molecule has 0 saturated carbocycles. The van der Waals surface area contributed by atoms with E-state index in [0.29, 0.717) is 5.06 Å². The molecule has 0 spiro atoms. The van der Waals surface area contributed by atoms with Crippen molar-refractivity contribution in [1.29, 1.82) is 0 Å². The van der Waals surface area contributed by atoms with Crippen LogP contribution in [-0.4, -0.2) is 34.9 Å². The third kappa shape index (κ3) is 4.29. The van der Waals surface area contributed by atoms with Crippen LogP contribution < -0.4 is 16.5 Å². The summed E-state index contributed by atoms with van der Waals surface area (Å²) in [5, 5.41) is 0.401. The molecule has 168 valence electrons. The number of hydrogen-bond donors (Lipinski definition) is 2. The van der Waals surface area contributed by atoms with Gasteiger partial charge in [0.2, 0.25) is 0 Å². The highest BCUT2D eigenvalue weighted by atomic mass is 19.4. The van der Waals surface area contributed by atoms with Crippen LogP contribution >= 0.6 is 0 Å². The minimum atomic E-state index is -5.34. The average molecular weight is 449 g/mol. The van der Waals surface area contributed by atoms with Gasteiger partial charge in [0.1, 0.15) is 0 Å². The van der Waals surface area contributed by atoms with E-state index in [0.717, 1.165) is 12.1 Å². The van der Waals surface area contributed by atoms with Crippen molar-refractivity contribution >= 4 is 11.8 Å². The van der Waals surface area contributed by atoms with Crippen molar-refractivity contribution in [3.05, 3.63) is 47.5 Å². The maximum Gasteiger partial charge on any atom is 0.493 e. The van der Waals surface area contributed by atoms with Crippen molar-refractivity contribution in [2.45, 2.75) is 31.7 Å². The zero-order chi connectivity index (χ0) is 23.1. The first kappa shape index (κ1) is 22.8. The number of pyridine rings is 1. The fourth-order valence-electron chi connectivity index (χ4n) is 3.20. The van der Waals surface area contributed by atoms with Gasteiger partial charge in [0, 0.05) is 17.7 Å². The third-order valence-corrected chi connectivity index (χ3v) is 4.66. The van der Waals surface area contributed by atoms with E-state index in [9.17, 15) is 31.1 Å². The SMILES string of the molecule is CCN1C(N)c2ccc(-c3ccccc3C(F)(F)F)nc2N(OC(=O)C(F)(F)F)C1N. The zero-order valence-corrected chi connectivity index (χ0v) is 15.9. The number of halogens is 6. The van der Waals surface area contributed by atoms with Crippen LogP contribution in [0.25, 0.3) is 11.3 Å². The molecule has 0 radical (unpaired) electrons. The topological polar surface area (TPSA) is 97.7 Å². The number of carbonyl (C=O) groups is 1. The van der Waals surface area contributed by atoms with E-state index in [1.54, 1.807) is 6.92 Å². The largest absolute Gasteiger partial charge is 0.493 e. The predicted molar refractivity (Wildman–Crippen MR) is 96.6 cm³/mol. The molecule has 2 aromatic rings. The maximum atomic E-state index is 13.4. The Morgan fingerprint density at radius 3 is 2.32 bits per heavy atom. The van der Waals surface area contributed by atoms with Crippen LogP contribution in [0.2, 0.25) is 0 Å². The zero-order valence-electron chi connectivity index (χ0n) is 15.9. The van der Waals surface area contributed by atoms with E-state index >= 15 is 0 Å². The summed E-state index contributed by atoms with van der Waals surface area (Å²) in [5.41, 5.74) is 10.6. The highest BCUT2D eigenvalue weighted by Crippen LogP contribution is 2.40. The Bertz CT molecular complexity index is 981. The molecule has 31 heavy (non-hydrogen) atoms. The number of carbonyl (C=O) groups excluding carboxylic acids is 1. The van der Waals surface area contributed by atoms with Crippen LogP contribution in [0.15, 0.2) is 36.4 Å². The first-order valence-corrected chi connectivity index (χ1v) is 8.89. The van der Waals surface area contributed by atoms with Crippen LogP contribution in [0, 0.1) is 0 Å². The highest BCUT2D eigenvalue weighted by Gasteiger charge is 2.46. The number of alkyl halides is 6. The third-order valence-electron chi connectivity index (χ3n) is 4.66. The molecule has 3 rings (SSSR count).